The van der Waals surface area contributed by atoms with E-state index in [-0.39, 0.29) is 17.8 Å². The van der Waals surface area contributed by atoms with Crippen molar-refractivity contribution in [2.45, 2.75) is 32.4 Å². The lowest BCUT2D eigenvalue weighted by Crippen LogP contribution is -2.28. The van der Waals surface area contributed by atoms with Crippen LogP contribution in [0.1, 0.15) is 31.9 Å². The molecule has 4 heterocycles. The highest BCUT2D eigenvalue weighted by Gasteiger charge is 2.25. The zero-order valence-electron chi connectivity index (χ0n) is 17.6. The van der Waals surface area contributed by atoms with Gasteiger partial charge in [-0.15, -0.1) is 10.2 Å². The van der Waals surface area contributed by atoms with Crippen LogP contribution in [0.25, 0.3) is 28.1 Å². The number of pyridine rings is 2. The minimum atomic E-state index is -0.392. The van der Waals surface area contributed by atoms with E-state index in [2.05, 4.69) is 34.3 Å². The van der Waals surface area contributed by atoms with E-state index in [1.807, 2.05) is 29.5 Å². The molecule has 1 fully saturated rings. The van der Waals surface area contributed by atoms with Gasteiger partial charge < -0.3 is 10.5 Å². The van der Waals surface area contributed by atoms with Crippen LogP contribution in [0.3, 0.4) is 0 Å². The zero-order valence-corrected chi connectivity index (χ0v) is 17.6. The first-order chi connectivity index (χ1) is 15.0. The Morgan fingerprint density at radius 3 is 2.87 bits per heavy atom. The van der Waals surface area contributed by atoms with Crippen molar-refractivity contribution in [3.8, 4) is 17.3 Å². The van der Waals surface area contributed by atoms with Gasteiger partial charge >= 0.3 is 0 Å². The molecule has 2 N–H and O–H groups in total. The van der Waals surface area contributed by atoms with Crippen LogP contribution < -0.4 is 10.5 Å². The largest absolute Gasteiger partial charge is 0.491 e. The van der Waals surface area contributed by atoms with Gasteiger partial charge in [0.2, 0.25) is 0 Å². The number of fused-ring (bicyclic) bond motifs is 2. The summed E-state index contributed by atoms with van der Waals surface area (Å²) in [4.78, 5) is 7.11. The van der Waals surface area contributed by atoms with Gasteiger partial charge in [-0.2, -0.15) is 0 Å². The highest BCUT2D eigenvalue weighted by Crippen LogP contribution is 2.28. The molecule has 0 aliphatic carbocycles. The zero-order chi connectivity index (χ0) is 21.5. The lowest BCUT2D eigenvalue weighted by molar-refractivity contribution is 0.259. The third-order valence-corrected chi connectivity index (χ3v) is 5.98. The molecule has 7 nitrogen and oxygen atoms in total. The third kappa shape index (κ3) is 3.62. The monoisotopic (exact) mass is 420 g/mol. The Bertz CT molecular complexity index is 1260. The smallest absolute Gasteiger partial charge is 0.187 e. The van der Waals surface area contributed by atoms with Gasteiger partial charge in [0.05, 0.1) is 12.1 Å². The van der Waals surface area contributed by atoms with E-state index in [9.17, 15) is 4.39 Å². The van der Waals surface area contributed by atoms with Crippen molar-refractivity contribution in [1.82, 2.24) is 24.5 Å². The van der Waals surface area contributed by atoms with Gasteiger partial charge in [-0.3, -0.25) is 9.30 Å². The van der Waals surface area contributed by atoms with Gasteiger partial charge in [-0.25, -0.2) is 9.37 Å². The number of nitrogens with zero attached hydrogens (tertiary/aromatic N) is 5. The molecule has 1 aliphatic heterocycles. The number of ether oxygens (including phenoxy) is 1. The molecule has 4 aromatic rings. The maximum Gasteiger partial charge on any atom is 0.187 e. The minimum absolute atomic E-state index is 0.200. The number of rotatable bonds is 5. The second-order valence-corrected chi connectivity index (χ2v) is 8.04. The fourth-order valence-corrected chi connectivity index (χ4v) is 4.22. The summed E-state index contributed by atoms with van der Waals surface area (Å²) in [6.45, 7) is 6.31. The summed E-state index contributed by atoms with van der Waals surface area (Å²) in [6, 6.07) is 11.3. The van der Waals surface area contributed by atoms with Crippen LogP contribution in [0.4, 0.5) is 4.39 Å². The minimum Gasteiger partial charge on any atom is -0.491 e. The molecule has 160 valence electrons. The molecule has 0 radical (unpaired) electrons. The summed E-state index contributed by atoms with van der Waals surface area (Å²) in [7, 11) is 0. The molecule has 3 aromatic heterocycles. The van der Waals surface area contributed by atoms with Crippen molar-refractivity contribution < 1.29 is 9.13 Å². The first-order valence-electron chi connectivity index (χ1n) is 10.6. The van der Waals surface area contributed by atoms with E-state index in [1.54, 1.807) is 6.07 Å². The highest BCUT2D eigenvalue weighted by molar-refractivity contribution is 5.82. The van der Waals surface area contributed by atoms with Crippen LogP contribution in [0.2, 0.25) is 0 Å². The molecule has 2 atom stereocenters. The SMILES string of the molecule is CCOc1cc2nc(-c3nnc4ccc([C@H](C)N5CC[C@H](N)C5)cn34)ccc2cc1F. The molecule has 0 amide bonds. The maximum absolute atomic E-state index is 14.2. The Hall–Kier alpha value is -3.10. The fraction of sp³-hybridized carbons (Fsp3) is 0.348. The summed E-state index contributed by atoms with van der Waals surface area (Å²) >= 11 is 0. The van der Waals surface area contributed by atoms with E-state index >= 15 is 0 Å². The molecule has 0 spiro atoms. The normalized spacial score (nSPS) is 18.1. The molecule has 5 rings (SSSR count). The second-order valence-electron chi connectivity index (χ2n) is 8.04. The van der Waals surface area contributed by atoms with E-state index in [4.69, 9.17) is 15.5 Å². The molecule has 31 heavy (non-hydrogen) atoms. The highest BCUT2D eigenvalue weighted by atomic mass is 19.1. The summed E-state index contributed by atoms with van der Waals surface area (Å²) in [5.74, 6) is 0.453. The predicted molar refractivity (Wildman–Crippen MR) is 117 cm³/mol. The first kappa shape index (κ1) is 19.8. The lowest BCUT2D eigenvalue weighted by Gasteiger charge is -2.24. The number of benzene rings is 1. The van der Waals surface area contributed by atoms with Gasteiger partial charge in [0.15, 0.2) is 23.0 Å². The van der Waals surface area contributed by atoms with Crippen molar-refractivity contribution >= 4 is 16.6 Å². The standard InChI is InChI=1S/C23H25FN6O/c1-3-31-21-11-20-15(10-18(21)24)4-6-19(26-20)23-28-27-22-7-5-16(12-30(22)23)14(2)29-9-8-17(25)13-29/h4-7,10-12,14,17H,3,8-9,13,25H2,1-2H3/t14-,17-/m0/s1. The van der Waals surface area contributed by atoms with Crippen LogP contribution in [0, 0.1) is 5.82 Å². The van der Waals surface area contributed by atoms with Gasteiger partial charge in [0, 0.05) is 42.8 Å². The van der Waals surface area contributed by atoms with Gasteiger partial charge in [-0.1, -0.05) is 12.1 Å². The van der Waals surface area contributed by atoms with Crippen LogP contribution in [-0.4, -0.2) is 50.2 Å². The second kappa shape index (κ2) is 7.86. The van der Waals surface area contributed by atoms with E-state index < -0.39 is 5.82 Å². The molecular weight excluding hydrogens is 395 g/mol. The van der Waals surface area contributed by atoms with Crippen LogP contribution in [0.15, 0.2) is 42.6 Å². The number of aromatic nitrogens is 4. The van der Waals surface area contributed by atoms with Crippen molar-refractivity contribution in [1.29, 1.82) is 0 Å². The van der Waals surface area contributed by atoms with Gasteiger partial charge in [0.1, 0.15) is 5.69 Å². The number of hydrogen-bond donors (Lipinski definition) is 1. The Morgan fingerprint density at radius 1 is 1.23 bits per heavy atom. The topological polar surface area (TPSA) is 81.6 Å². The van der Waals surface area contributed by atoms with Crippen molar-refractivity contribution in [2.24, 2.45) is 5.73 Å². The molecule has 1 aliphatic rings. The number of nitrogens with two attached hydrogens (primary N) is 1. The molecule has 1 aromatic carbocycles. The first-order valence-corrected chi connectivity index (χ1v) is 10.6. The molecular formula is C23H25FN6O. The van der Waals surface area contributed by atoms with E-state index in [0.717, 1.165) is 25.2 Å². The molecule has 0 bridgehead atoms. The van der Waals surface area contributed by atoms with Crippen molar-refractivity contribution in [3.05, 3.63) is 54.0 Å². The van der Waals surface area contributed by atoms with Gasteiger partial charge in [0.25, 0.3) is 0 Å². The summed E-state index contributed by atoms with van der Waals surface area (Å²) < 4.78 is 21.5. The van der Waals surface area contributed by atoms with Crippen LogP contribution >= 0.6 is 0 Å². The number of halogens is 1. The van der Waals surface area contributed by atoms with Crippen LogP contribution in [0.5, 0.6) is 5.75 Å². The van der Waals surface area contributed by atoms with Gasteiger partial charge in [-0.05, 0) is 44.0 Å². The Kier molecular flexibility index (Phi) is 5.03. The van der Waals surface area contributed by atoms with Crippen molar-refractivity contribution in [2.75, 3.05) is 19.7 Å². The Balaban J connectivity index is 1.55. The Labute approximate surface area is 179 Å². The van der Waals surface area contributed by atoms with Crippen molar-refractivity contribution in [3.63, 3.8) is 0 Å². The molecule has 0 saturated carbocycles. The van der Waals surface area contributed by atoms with E-state index in [1.165, 1.54) is 11.6 Å². The fourth-order valence-electron chi connectivity index (χ4n) is 4.22. The average molecular weight is 420 g/mol. The summed E-state index contributed by atoms with van der Waals surface area (Å²) in [6.07, 6.45) is 3.09. The number of likely N-dealkylation sites (tertiary alicyclic amines) is 1. The quantitative estimate of drug-likeness (QED) is 0.532. The van der Waals surface area contributed by atoms with Crippen LogP contribution in [-0.2, 0) is 0 Å². The third-order valence-electron chi connectivity index (χ3n) is 5.98. The molecule has 0 unspecified atom stereocenters. The Morgan fingerprint density at radius 2 is 2.10 bits per heavy atom. The average Bonchev–Trinajstić information content (AvgIpc) is 3.39. The van der Waals surface area contributed by atoms with E-state index in [0.29, 0.717) is 29.0 Å². The lowest BCUT2D eigenvalue weighted by atomic mass is 10.1. The number of hydrogen-bond acceptors (Lipinski definition) is 6. The maximum atomic E-state index is 14.2. The molecule has 1 saturated heterocycles. The summed E-state index contributed by atoms with van der Waals surface area (Å²) in [5.41, 5.74) is 9.33. The summed E-state index contributed by atoms with van der Waals surface area (Å²) in [5, 5.41) is 9.38. The predicted octanol–water partition coefficient (Wildman–Crippen LogP) is 3.58. The molecule has 8 heteroatoms.